The third-order valence-corrected chi connectivity index (χ3v) is 4.15. The number of aliphatic carboxylic acids is 1. The summed E-state index contributed by atoms with van der Waals surface area (Å²) in [7, 11) is 0. The molecule has 0 bridgehead atoms. The van der Waals surface area contributed by atoms with E-state index in [1.54, 1.807) is 6.07 Å². The zero-order valence-corrected chi connectivity index (χ0v) is 12.1. The average molecular weight is 327 g/mol. The minimum Gasteiger partial charge on any atom is -0.481 e. The van der Waals surface area contributed by atoms with Crippen LogP contribution >= 0.6 is 23.4 Å². The predicted molar refractivity (Wildman–Crippen MR) is 75.4 cm³/mol. The van der Waals surface area contributed by atoms with Gasteiger partial charge in [0.2, 0.25) is 0 Å². The first kappa shape index (κ1) is 15.3. The molecule has 0 saturated carbocycles. The molecule has 1 heterocycles. The third kappa shape index (κ3) is 4.17. The van der Waals surface area contributed by atoms with Crippen molar-refractivity contribution in [2.45, 2.75) is 17.2 Å². The van der Waals surface area contributed by atoms with Crippen molar-refractivity contribution < 1.29 is 28.8 Å². The highest BCUT2D eigenvalue weighted by Gasteiger charge is 2.12. The molecular formula is C12H9NO6S2. The van der Waals surface area contributed by atoms with Crippen molar-refractivity contribution in [1.82, 2.24) is 4.98 Å². The minimum absolute atomic E-state index is 0.128. The predicted octanol–water partition coefficient (Wildman–Crippen LogP) is 2.41. The molecule has 0 unspecified atom stereocenters. The molecule has 7 nitrogen and oxygen atoms in total. The lowest BCUT2D eigenvalue weighted by Gasteiger charge is -1.97. The van der Waals surface area contributed by atoms with Gasteiger partial charge in [-0.05, 0) is 18.2 Å². The number of benzene rings is 1. The Morgan fingerprint density at radius 1 is 1.24 bits per heavy atom. The zero-order chi connectivity index (χ0) is 15.4. The fraction of sp³-hybridized carbons (Fsp3) is 0.167. The molecule has 0 radical (unpaired) electrons. The number of carboxylic acid groups (broad SMARTS) is 2. The standard InChI is InChI=1S/C12H9NO6S2/c14-9(15)3-4-10(16)19-21-12-13-7-5-6(11(17)18)1-2-8(7)20-12/h1-2,5H,3-4H2,(H,14,15)(H,17,18). The number of fused-ring (bicyclic) bond motifs is 1. The second kappa shape index (κ2) is 6.55. The number of carboxylic acids is 2. The van der Waals surface area contributed by atoms with Gasteiger partial charge in [-0.3, -0.25) is 9.59 Å². The summed E-state index contributed by atoms with van der Waals surface area (Å²) in [5.41, 5.74) is 0.631. The van der Waals surface area contributed by atoms with Crippen LogP contribution in [0, 0.1) is 0 Å². The maximum Gasteiger partial charge on any atom is 0.335 e. The van der Waals surface area contributed by atoms with Crippen molar-refractivity contribution >= 4 is 51.5 Å². The van der Waals surface area contributed by atoms with Gasteiger partial charge in [-0.1, -0.05) is 0 Å². The second-order valence-electron chi connectivity index (χ2n) is 3.90. The molecule has 1 aromatic heterocycles. The molecule has 110 valence electrons. The molecule has 0 atom stereocenters. The van der Waals surface area contributed by atoms with Crippen molar-refractivity contribution in [2.24, 2.45) is 0 Å². The molecule has 1 aromatic carbocycles. The zero-order valence-electron chi connectivity index (χ0n) is 10.4. The first-order valence-electron chi connectivity index (χ1n) is 5.69. The maximum atomic E-state index is 11.3. The Labute approximate surface area is 126 Å². The maximum absolute atomic E-state index is 11.3. The number of hydrogen-bond donors (Lipinski definition) is 2. The van der Waals surface area contributed by atoms with E-state index in [0.29, 0.717) is 9.86 Å². The number of carbonyl (C=O) groups is 3. The quantitative estimate of drug-likeness (QED) is 0.777. The van der Waals surface area contributed by atoms with Gasteiger partial charge in [-0.25, -0.2) is 9.78 Å². The van der Waals surface area contributed by atoms with E-state index in [1.807, 2.05) is 0 Å². The van der Waals surface area contributed by atoms with Crippen molar-refractivity contribution in [3.05, 3.63) is 23.8 Å². The molecule has 9 heteroatoms. The monoisotopic (exact) mass is 327 g/mol. The van der Waals surface area contributed by atoms with Crippen LogP contribution in [0.1, 0.15) is 23.2 Å². The Morgan fingerprint density at radius 2 is 2.00 bits per heavy atom. The summed E-state index contributed by atoms with van der Waals surface area (Å²) in [5.74, 6) is -2.76. The average Bonchev–Trinajstić information content (AvgIpc) is 2.84. The molecular weight excluding hydrogens is 318 g/mol. The molecule has 2 aromatic rings. The van der Waals surface area contributed by atoms with Crippen LogP contribution in [0.5, 0.6) is 0 Å². The van der Waals surface area contributed by atoms with Gasteiger partial charge in [0.1, 0.15) is 12.0 Å². The van der Waals surface area contributed by atoms with Crippen LogP contribution in [0.3, 0.4) is 0 Å². The number of hydrogen-bond acceptors (Lipinski definition) is 7. The normalized spacial score (nSPS) is 10.5. The highest BCUT2D eigenvalue weighted by Crippen LogP contribution is 2.30. The summed E-state index contributed by atoms with van der Waals surface area (Å²) >= 11 is 1.99. The van der Waals surface area contributed by atoms with Gasteiger partial charge in [-0.2, -0.15) is 0 Å². The van der Waals surface area contributed by atoms with Crippen molar-refractivity contribution in [1.29, 1.82) is 0 Å². The van der Waals surface area contributed by atoms with Crippen LogP contribution in [-0.4, -0.2) is 33.1 Å². The van der Waals surface area contributed by atoms with E-state index < -0.39 is 17.9 Å². The molecule has 2 N–H and O–H groups in total. The highest BCUT2D eigenvalue weighted by molar-refractivity contribution is 7.97. The summed E-state index contributed by atoms with van der Waals surface area (Å²) in [5, 5.41) is 17.3. The number of rotatable bonds is 6. The Bertz CT molecular complexity index is 711. The fourth-order valence-corrected chi connectivity index (χ4v) is 2.98. The van der Waals surface area contributed by atoms with Crippen LogP contribution in [0.2, 0.25) is 0 Å². The summed E-state index contributed by atoms with van der Waals surface area (Å²) in [6.07, 6.45) is -0.502. The Hall–Kier alpha value is -2.13. The van der Waals surface area contributed by atoms with Crippen molar-refractivity contribution in [3.63, 3.8) is 0 Å². The molecule has 0 aliphatic rings. The summed E-state index contributed by atoms with van der Waals surface area (Å²) in [4.78, 5) is 36.6. The lowest BCUT2D eigenvalue weighted by Crippen LogP contribution is -2.03. The van der Waals surface area contributed by atoms with Gasteiger partial charge in [0, 0.05) is 0 Å². The van der Waals surface area contributed by atoms with E-state index >= 15 is 0 Å². The topological polar surface area (TPSA) is 114 Å². The number of nitrogens with zero attached hydrogens (tertiary/aromatic N) is 1. The van der Waals surface area contributed by atoms with Crippen molar-refractivity contribution in [2.75, 3.05) is 0 Å². The smallest absolute Gasteiger partial charge is 0.335 e. The van der Waals surface area contributed by atoms with E-state index in [2.05, 4.69) is 4.98 Å². The lowest BCUT2D eigenvalue weighted by molar-refractivity contribution is -0.141. The first-order chi connectivity index (χ1) is 9.95. The van der Waals surface area contributed by atoms with E-state index in [9.17, 15) is 14.4 Å². The van der Waals surface area contributed by atoms with Gasteiger partial charge < -0.3 is 14.4 Å². The van der Waals surface area contributed by atoms with Crippen molar-refractivity contribution in [3.8, 4) is 0 Å². The summed E-state index contributed by atoms with van der Waals surface area (Å²) in [6, 6.07) is 4.54. The van der Waals surface area contributed by atoms with Crippen LogP contribution in [0.4, 0.5) is 0 Å². The van der Waals surface area contributed by atoms with Gasteiger partial charge in [0.25, 0.3) is 0 Å². The fourth-order valence-electron chi connectivity index (χ4n) is 1.41. The second-order valence-corrected chi connectivity index (χ2v) is 5.91. The molecule has 0 fully saturated rings. The van der Waals surface area contributed by atoms with E-state index in [0.717, 1.165) is 16.7 Å². The number of aromatic carboxylic acids is 1. The number of carbonyl (C=O) groups excluding carboxylic acids is 1. The SMILES string of the molecule is O=C(O)CCC(=O)OSc1nc2cc(C(=O)O)ccc2s1. The number of aromatic nitrogens is 1. The van der Waals surface area contributed by atoms with Crippen LogP contribution in [0.25, 0.3) is 10.2 Å². The van der Waals surface area contributed by atoms with Crippen LogP contribution < -0.4 is 0 Å². The van der Waals surface area contributed by atoms with Crippen LogP contribution in [-0.2, 0) is 13.8 Å². The molecule has 0 spiro atoms. The lowest BCUT2D eigenvalue weighted by atomic mass is 10.2. The Balaban J connectivity index is 2.01. The Kier molecular flexibility index (Phi) is 4.76. The first-order valence-corrected chi connectivity index (χ1v) is 7.24. The molecule has 0 aliphatic carbocycles. The molecule has 21 heavy (non-hydrogen) atoms. The highest BCUT2D eigenvalue weighted by atomic mass is 32.2. The van der Waals surface area contributed by atoms with Gasteiger partial charge in [0.15, 0.2) is 4.34 Å². The van der Waals surface area contributed by atoms with Gasteiger partial charge in [-0.15, -0.1) is 11.3 Å². The molecule has 0 aliphatic heterocycles. The minimum atomic E-state index is -1.07. The van der Waals surface area contributed by atoms with E-state index in [4.69, 9.17) is 14.4 Å². The summed E-state index contributed by atoms with van der Waals surface area (Å²) in [6.45, 7) is 0. The molecule has 2 rings (SSSR count). The Morgan fingerprint density at radius 3 is 2.67 bits per heavy atom. The molecule has 0 amide bonds. The van der Waals surface area contributed by atoms with Gasteiger partial charge >= 0.3 is 17.9 Å². The van der Waals surface area contributed by atoms with E-state index in [-0.39, 0.29) is 18.4 Å². The van der Waals surface area contributed by atoms with Crippen LogP contribution in [0.15, 0.2) is 22.5 Å². The summed E-state index contributed by atoms with van der Waals surface area (Å²) < 4.78 is 6.04. The van der Waals surface area contributed by atoms with Gasteiger partial charge in [0.05, 0.1) is 28.6 Å². The van der Waals surface area contributed by atoms with E-state index in [1.165, 1.54) is 23.5 Å². The number of thiazole rings is 1. The molecule has 0 saturated heterocycles. The largest absolute Gasteiger partial charge is 0.481 e. The third-order valence-electron chi connectivity index (χ3n) is 2.36.